The van der Waals surface area contributed by atoms with Gasteiger partial charge in [-0.2, -0.15) is 0 Å². The Hall–Kier alpha value is -1.41. The van der Waals surface area contributed by atoms with E-state index in [4.69, 9.17) is 0 Å². The highest BCUT2D eigenvalue weighted by Gasteiger charge is 2.19. The molecule has 0 amide bonds. The van der Waals surface area contributed by atoms with Gasteiger partial charge >= 0.3 is 0 Å². The van der Waals surface area contributed by atoms with E-state index in [1.165, 1.54) is 16.0 Å². The molecule has 0 aromatic carbocycles. The van der Waals surface area contributed by atoms with Gasteiger partial charge in [-0.15, -0.1) is 11.3 Å². The number of hydrogen-bond donors (Lipinski definition) is 0. The molecular formula is C14H13NS. The highest BCUT2D eigenvalue weighted by molar-refractivity contribution is 7.10. The van der Waals surface area contributed by atoms with Crippen molar-refractivity contribution in [1.29, 1.82) is 0 Å². The Labute approximate surface area is 99.5 Å². The minimum Gasteiger partial charge on any atom is -0.257 e. The van der Waals surface area contributed by atoms with Gasteiger partial charge in [0.05, 0.1) is 5.69 Å². The van der Waals surface area contributed by atoms with Gasteiger partial charge < -0.3 is 0 Å². The summed E-state index contributed by atoms with van der Waals surface area (Å²) in [5, 5.41) is 2.18. The molecule has 2 aromatic rings. The van der Waals surface area contributed by atoms with Gasteiger partial charge in [0.15, 0.2) is 0 Å². The lowest BCUT2D eigenvalue weighted by atomic mass is 9.89. The maximum atomic E-state index is 4.43. The molecule has 2 heteroatoms. The molecule has 80 valence electrons. The van der Waals surface area contributed by atoms with Gasteiger partial charge in [0.2, 0.25) is 0 Å². The summed E-state index contributed by atoms with van der Waals surface area (Å²) in [6, 6.07) is 8.32. The highest BCUT2D eigenvalue weighted by Crippen LogP contribution is 2.39. The van der Waals surface area contributed by atoms with Gasteiger partial charge in [-0.3, -0.25) is 4.98 Å². The molecule has 0 saturated heterocycles. The van der Waals surface area contributed by atoms with Crippen LogP contribution in [0.2, 0.25) is 0 Å². The monoisotopic (exact) mass is 227 g/mol. The number of rotatable bonds is 1. The fourth-order valence-electron chi connectivity index (χ4n) is 2.25. The molecule has 2 aromatic heterocycles. The minimum atomic E-state index is 0.622. The van der Waals surface area contributed by atoms with E-state index in [-0.39, 0.29) is 0 Å². The largest absolute Gasteiger partial charge is 0.257 e. The van der Waals surface area contributed by atoms with Crippen molar-refractivity contribution in [3.63, 3.8) is 0 Å². The molecule has 0 bridgehead atoms. The summed E-state index contributed by atoms with van der Waals surface area (Å²) < 4.78 is 0. The summed E-state index contributed by atoms with van der Waals surface area (Å²) in [5.41, 5.74) is 3.86. The molecule has 16 heavy (non-hydrogen) atoms. The lowest BCUT2D eigenvalue weighted by Gasteiger charge is -2.19. The SMILES string of the molecule is CC1CC(c2ccccn2)=Cc2ccsc21. The van der Waals surface area contributed by atoms with Crippen molar-refractivity contribution >= 4 is 23.0 Å². The first kappa shape index (κ1) is 9.79. The number of allylic oxidation sites excluding steroid dienone is 1. The van der Waals surface area contributed by atoms with Crippen molar-refractivity contribution in [3.05, 3.63) is 52.0 Å². The van der Waals surface area contributed by atoms with E-state index in [2.05, 4.69) is 41.6 Å². The fourth-order valence-corrected chi connectivity index (χ4v) is 3.19. The summed E-state index contributed by atoms with van der Waals surface area (Å²) in [4.78, 5) is 5.94. The van der Waals surface area contributed by atoms with Gasteiger partial charge in [-0.05, 0) is 53.1 Å². The predicted molar refractivity (Wildman–Crippen MR) is 69.5 cm³/mol. The van der Waals surface area contributed by atoms with Crippen molar-refractivity contribution in [2.45, 2.75) is 19.3 Å². The maximum absolute atomic E-state index is 4.43. The average Bonchev–Trinajstić information content (AvgIpc) is 2.79. The molecule has 1 nitrogen and oxygen atoms in total. The molecule has 0 saturated carbocycles. The molecule has 1 unspecified atom stereocenters. The van der Waals surface area contributed by atoms with Gasteiger partial charge in [0, 0.05) is 11.1 Å². The number of nitrogens with zero attached hydrogens (tertiary/aromatic N) is 1. The second kappa shape index (κ2) is 3.87. The van der Waals surface area contributed by atoms with Crippen LogP contribution in [0.4, 0.5) is 0 Å². The topological polar surface area (TPSA) is 12.9 Å². The van der Waals surface area contributed by atoms with Crippen molar-refractivity contribution in [2.24, 2.45) is 0 Å². The van der Waals surface area contributed by atoms with E-state index in [0.29, 0.717) is 5.92 Å². The van der Waals surface area contributed by atoms with Crippen molar-refractivity contribution in [3.8, 4) is 0 Å². The maximum Gasteiger partial charge on any atom is 0.0662 e. The number of hydrogen-bond acceptors (Lipinski definition) is 2. The van der Waals surface area contributed by atoms with Crippen molar-refractivity contribution in [1.82, 2.24) is 4.98 Å². The van der Waals surface area contributed by atoms with Gasteiger partial charge in [-0.25, -0.2) is 0 Å². The normalized spacial score (nSPS) is 19.1. The Bertz CT molecular complexity index is 525. The number of fused-ring (bicyclic) bond motifs is 1. The summed E-state index contributed by atoms with van der Waals surface area (Å²) >= 11 is 1.87. The quantitative estimate of drug-likeness (QED) is 0.711. The first-order valence-corrected chi connectivity index (χ1v) is 6.42. The van der Waals surface area contributed by atoms with Crippen molar-refractivity contribution < 1.29 is 0 Å². The van der Waals surface area contributed by atoms with E-state index >= 15 is 0 Å². The average molecular weight is 227 g/mol. The second-order valence-electron chi connectivity index (χ2n) is 4.23. The Morgan fingerprint density at radius 1 is 1.31 bits per heavy atom. The molecule has 1 atom stereocenters. The van der Waals surface area contributed by atoms with Gasteiger partial charge in [0.1, 0.15) is 0 Å². The zero-order valence-corrected chi connectivity index (χ0v) is 10.00. The predicted octanol–water partition coefficient (Wildman–Crippen LogP) is 4.19. The van der Waals surface area contributed by atoms with Crippen LogP contribution in [0.25, 0.3) is 11.6 Å². The summed E-state index contributed by atoms with van der Waals surface area (Å²) in [5.74, 6) is 0.622. The van der Waals surface area contributed by atoms with E-state index < -0.39 is 0 Å². The number of thiophene rings is 1. The van der Waals surface area contributed by atoms with Crippen LogP contribution in [-0.2, 0) is 0 Å². The summed E-state index contributed by atoms with van der Waals surface area (Å²) in [6.45, 7) is 2.30. The first-order valence-electron chi connectivity index (χ1n) is 5.54. The van der Waals surface area contributed by atoms with Crippen LogP contribution in [0, 0.1) is 0 Å². The smallest absolute Gasteiger partial charge is 0.0662 e. The molecule has 0 spiro atoms. The molecule has 0 fully saturated rings. The molecule has 1 aliphatic carbocycles. The molecular weight excluding hydrogens is 214 g/mol. The Balaban J connectivity index is 2.07. The second-order valence-corrected chi connectivity index (χ2v) is 5.18. The van der Waals surface area contributed by atoms with Crippen LogP contribution in [-0.4, -0.2) is 4.98 Å². The van der Waals surface area contributed by atoms with Gasteiger partial charge in [-0.1, -0.05) is 13.0 Å². The molecule has 3 rings (SSSR count). The number of pyridine rings is 1. The summed E-state index contributed by atoms with van der Waals surface area (Å²) in [7, 11) is 0. The Morgan fingerprint density at radius 3 is 3.06 bits per heavy atom. The standard InChI is InChI=1S/C14H13NS/c1-10-8-12(13-4-2-3-6-15-13)9-11-5-7-16-14(10)11/h2-7,9-10H,8H2,1H3. The lowest BCUT2D eigenvalue weighted by Crippen LogP contribution is -2.01. The van der Waals surface area contributed by atoms with Crippen LogP contribution in [0.15, 0.2) is 35.8 Å². The zero-order chi connectivity index (χ0) is 11.0. The van der Waals surface area contributed by atoms with Crippen LogP contribution in [0.1, 0.15) is 35.4 Å². The first-order chi connectivity index (χ1) is 7.84. The van der Waals surface area contributed by atoms with Crippen LogP contribution < -0.4 is 0 Å². The van der Waals surface area contributed by atoms with E-state index in [1.54, 1.807) is 0 Å². The minimum absolute atomic E-state index is 0.622. The molecule has 2 heterocycles. The summed E-state index contributed by atoms with van der Waals surface area (Å²) in [6.07, 6.45) is 5.25. The molecule has 1 aliphatic rings. The third-order valence-electron chi connectivity index (χ3n) is 3.02. The number of aromatic nitrogens is 1. The van der Waals surface area contributed by atoms with Crippen LogP contribution >= 0.6 is 11.3 Å². The fraction of sp³-hybridized carbons (Fsp3) is 0.214. The Morgan fingerprint density at radius 2 is 2.25 bits per heavy atom. The highest BCUT2D eigenvalue weighted by atomic mass is 32.1. The third kappa shape index (κ3) is 1.59. The van der Waals surface area contributed by atoms with Crippen LogP contribution in [0.5, 0.6) is 0 Å². The van der Waals surface area contributed by atoms with Crippen molar-refractivity contribution in [2.75, 3.05) is 0 Å². The molecule has 0 aliphatic heterocycles. The van der Waals surface area contributed by atoms with E-state index in [1.807, 2.05) is 23.6 Å². The van der Waals surface area contributed by atoms with E-state index in [0.717, 1.165) is 12.1 Å². The Kier molecular flexibility index (Phi) is 2.37. The third-order valence-corrected chi connectivity index (χ3v) is 4.19. The van der Waals surface area contributed by atoms with Crippen LogP contribution in [0.3, 0.4) is 0 Å². The lowest BCUT2D eigenvalue weighted by molar-refractivity contribution is 0.799. The molecule has 0 N–H and O–H groups in total. The van der Waals surface area contributed by atoms with Gasteiger partial charge in [0.25, 0.3) is 0 Å². The zero-order valence-electron chi connectivity index (χ0n) is 9.18. The van der Waals surface area contributed by atoms with E-state index in [9.17, 15) is 0 Å². The molecule has 0 radical (unpaired) electrons.